The molecule has 2 aromatic rings. The van der Waals surface area contributed by atoms with E-state index in [-0.39, 0.29) is 12.5 Å². The summed E-state index contributed by atoms with van der Waals surface area (Å²) in [5.74, 6) is 0.310. The Hall–Kier alpha value is -2.83. The summed E-state index contributed by atoms with van der Waals surface area (Å²) < 4.78 is 6.92. The number of carbonyl (C=O) groups excluding carboxylic acids is 1. The van der Waals surface area contributed by atoms with Gasteiger partial charge in [0.2, 0.25) is 5.91 Å². The predicted molar refractivity (Wildman–Crippen MR) is 98.3 cm³/mol. The maximum atomic E-state index is 12.7. The molecular formula is C19H25N3O4. The Bertz CT molecular complexity index is 763. The lowest BCUT2D eigenvalue weighted by molar-refractivity contribution is -0.137. The minimum absolute atomic E-state index is 0.228. The van der Waals surface area contributed by atoms with Crippen LogP contribution in [0.15, 0.2) is 36.5 Å². The highest BCUT2D eigenvalue weighted by Crippen LogP contribution is 2.27. The zero-order valence-corrected chi connectivity index (χ0v) is 15.5. The topological polar surface area (TPSA) is 93.5 Å². The summed E-state index contributed by atoms with van der Waals surface area (Å²) in [4.78, 5) is 23.4. The summed E-state index contributed by atoms with van der Waals surface area (Å²) in [6, 6.07) is 9.03. The fourth-order valence-electron chi connectivity index (χ4n) is 2.29. The summed E-state index contributed by atoms with van der Waals surface area (Å²) in [7, 11) is 0. The minimum atomic E-state index is -0.994. The molecule has 140 valence electrons. The van der Waals surface area contributed by atoms with Crippen LogP contribution in [-0.2, 0) is 21.5 Å². The molecule has 0 unspecified atom stereocenters. The van der Waals surface area contributed by atoms with Gasteiger partial charge in [-0.2, -0.15) is 5.10 Å². The molecule has 0 aliphatic heterocycles. The van der Waals surface area contributed by atoms with E-state index in [0.29, 0.717) is 18.3 Å². The van der Waals surface area contributed by atoms with Gasteiger partial charge in [0, 0.05) is 12.3 Å². The van der Waals surface area contributed by atoms with Gasteiger partial charge in [-0.05, 0) is 37.5 Å². The van der Waals surface area contributed by atoms with Crippen LogP contribution in [0.4, 0.5) is 5.82 Å². The quantitative estimate of drug-likeness (QED) is 0.756. The third-order valence-corrected chi connectivity index (χ3v) is 3.91. The van der Waals surface area contributed by atoms with Crippen molar-refractivity contribution in [1.29, 1.82) is 0 Å². The smallest absolute Gasteiger partial charge is 0.325 e. The Kier molecular flexibility index (Phi) is 6.02. The van der Waals surface area contributed by atoms with Crippen molar-refractivity contribution in [3.8, 4) is 5.75 Å². The van der Waals surface area contributed by atoms with Crippen LogP contribution in [0.5, 0.6) is 5.75 Å². The molecule has 0 aliphatic carbocycles. The number of benzene rings is 1. The van der Waals surface area contributed by atoms with Crippen LogP contribution in [0.2, 0.25) is 0 Å². The van der Waals surface area contributed by atoms with Gasteiger partial charge in [-0.3, -0.25) is 14.3 Å². The first-order valence-corrected chi connectivity index (χ1v) is 8.48. The molecule has 2 rings (SSSR count). The number of hydrogen-bond donors (Lipinski definition) is 2. The van der Waals surface area contributed by atoms with Crippen LogP contribution in [0, 0.1) is 5.92 Å². The third-order valence-electron chi connectivity index (χ3n) is 3.91. The number of carboxylic acid groups (broad SMARTS) is 1. The fraction of sp³-hybridized carbons (Fsp3) is 0.421. The van der Waals surface area contributed by atoms with E-state index in [2.05, 4.69) is 24.3 Å². The number of amides is 1. The molecule has 0 fully saturated rings. The van der Waals surface area contributed by atoms with E-state index in [9.17, 15) is 9.59 Å². The van der Waals surface area contributed by atoms with Crippen LogP contribution in [-0.4, -0.2) is 33.4 Å². The molecule has 0 spiro atoms. The lowest BCUT2D eigenvalue weighted by Crippen LogP contribution is -2.34. The molecule has 0 saturated carbocycles. The number of carboxylic acids is 1. The van der Waals surface area contributed by atoms with Crippen molar-refractivity contribution in [2.45, 2.75) is 39.7 Å². The first-order chi connectivity index (χ1) is 12.2. The average molecular weight is 359 g/mol. The first kappa shape index (κ1) is 19.5. The van der Waals surface area contributed by atoms with Crippen molar-refractivity contribution >= 4 is 17.7 Å². The molecule has 0 saturated heterocycles. The third kappa shape index (κ3) is 5.08. The predicted octanol–water partition coefficient (Wildman–Crippen LogP) is 2.92. The molecule has 2 N–H and O–H groups in total. The van der Waals surface area contributed by atoms with Crippen molar-refractivity contribution < 1.29 is 19.4 Å². The van der Waals surface area contributed by atoms with Crippen molar-refractivity contribution in [3.63, 3.8) is 0 Å². The summed E-state index contributed by atoms with van der Waals surface area (Å²) in [5, 5.41) is 15.5. The minimum Gasteiger partial charge on any atom is -0.493 e. The monoisotopic (exact) mass is 359 g/mol. The van der Waals surface area contributed by atoms with Gasteiger partial charge < -0.3 is 15.2 Å². The number of rotatable bonds is 8. The van der Waals surface area contributed by atoms with Gasteiger partial charge in [0.25, 0.3) is 0 Å². The number of aliphatic carboxylic acids is 1. The Morgan fingerprint density at radius 3 is 2.46 bits per heavy atom. The van der Waals surface area contributed by atoms with Crippen molar-refractivity contribution in [2.75, 3.05) is 11.9 Å². The average Bonchev–Trinajstić information content (AvgIpc) is 2.99. The van der Waals surface area contributed by atoms with Gasteiger partial charge >= 0.3 is 5.97 Å². The summed E-state index contributed by atoms with van der Waals surface area (Å²) >= 11 is 0. The number of nitrogens with zero attached hydrogens (tertiary/aromatic N) is 2. The number of anilines is 1. The number of carbonyl (C=O) groups is 2. The van der Waals surface area contributed by atoms with Gasteiger partial charge in [0.05, 0.1) is 12.0 Å². The van der Waals surface area contributed by atoms with Crippen LogP contribution < -0.4 is 10.1 Å². The van der Waals surface area contributed by atoms with E-state index >= 15 is 0 Å². The lowest BCUT2D eigenvalue weighted by atomic mass is 9.83. The Balaban J connectivity index is 2.04. The van der Waals surface area contributed by atoms with E-state index in [1.165, 1.54) is 10.9 Å². The molecule has 7 heteroatoms. The first-order valence-electron chi connectivity index (χ1n) is 8.48. The second kappa shape index (κ2) is 8.03. The van der Waals surface area contributed by atoms with Crippen LogP contribution >= 0.6 is 0 Å². The molecule has 1 heterocycles. The zero-order valence-electron chi connectivity index (χ0n) is 15.5. The molecule has 26 heavy (non-hydrogen) atoms. The molecular weight excluding hydrogens is 334 g/mol. The van der Waals surface area contributed by atoms with Crippen LogP contribution in [0.25, 0.3) is 0 Å². The summed E-state index contributed by atoms with van der Waals surface area (Å²) in [6.07, 6.45) is 1.51. The number of hydrogen-bond acceptors (Lipinski definition) is 4. The molecule has 1 aromatic carbocycles. The Labute approximate surface area is 153 Å². The molecule has 7 nitrogen and oxygen atoms in total. The Morgan fingerprint density at radius 1 is 1.23 bits per heavy atom. The van der Waals surface area contributed by atoms with Gasteiger partial charge in [-0.25, -0.2) is 0 Å². The van der Waals surface area contributed by atoms with Crippen molar-refractivity contribution in [3.05, 3.63) is 42.1 Å². The normalized spacial score (nSPS) is 11.4. The standard InChI is InChI=1S/C19H25N3O4/c1-13(2)12-26-15-7-5-14(6-8-15)19(3,4)18(25)20-16-9-10-22(21-16)11-17(23)24/h5-10,13H,11-12H2,1-4H3,(H,23,24)(H,20,21,25). The van der Waals surface area contributed by atoms with Crippen LogP contribution in [0.3, 0.4) is 0 Å². The summed E-state index contributed by atoms with van der Waals surface area (Å²) in [5.41, 5.74) is 0.0598. The molecule has 1 aromatic heterocycles. The van der Waals surface area contributed by atoms with Crippen molar-refractivity contribution in [1.82, 2.24) is 9.78 Å². The number of aromatic nitrogens is 2. The highest BCUT2D eigenvalue weighted by molar-refractivity contribution is 5.97. The molecule has 0 aliphatic rings. The van der Waals surface area contributed by atoms with Gasteiger partial charge in [0.15, 0.2) is 5.82 Å². The SMILES string of the molecule is CC(C)COc1ccc(C(C)(C)C(=O)Nc2ccn(CC(=O)O)n2)cc1. The Morgan fingerprint density at radius 2 is 1.88 bits per heavy atom. The highest BCUT2D eigenvalue weighted by atomic mass is 16.5. The molecule has 0 atom stereocenters. The van der Waals surface area contributed by atoms with E-state index in [4.69, 9.17) is 9.84 Å². The number of nitrogens with one attached hydrogen (secondary N) is 1. The maximum absolute atomic E-state index is 12.7. The second-order valence-electron chi connectivity index (χ2n) is 7.10. The second-order valence-corrected chi connectivity index (χ2v) is 7.10. The fourth-order valence-corrected chi connectivity index (χ4v) is 2.29. The highest BCUT2D eigenvalue weighted by Gasteiger charge is 2.30. The summed E-state index contributed by atoms with van der Waals surface area (Å²) in [6.45, 7) is 8.19. The van der Waals surface area contributed by atoms with Crippen molar-refractivity contribution in [2.24, 2.45) is 5.92 Å². The molecule has 0 radical (unpaired) electrons. The van der Waals surface area contributed by atoms with Gasteiger partial charge in [-0.1, -0.05) is 26.0 Å². The zero-order chi connectivity index (χ0) is 19.3. The van der Waals surface area contributed by atoms with E-state index in [1.54, 1.807) is 6.07 Å². The van der Waals surface area contributed by atoms with E-state index < -0.39 is 11.4 Å². The molecule has 1 amide bonds. The van der Waals surface area contributed by atoms with Gasteiger partial charge in [-0.15, -0.1) is 0 Å². The van der Waals surface area contributed by atoms with E-state index in [1.807, 2.05) is 38.1 Å². The lowest BCUT2D eigenvalue weighted by Gasteiger charge is -2.24. The number of ether oxygens (including phenoxy) is 1. The van der Waals surface area contributed by atoms with Gasteiger partial charge in [0.1, 0.15) is 12.3 Å². The molecule has 0 bridgehead atoms. The largest absolute Gasteiger partial charge is 0.493 e. The van der Waals surface area contributed by atoms with E-state index in [0.717, 1.165) is 11.3 Å². The maximum Gasteiger partial charge on any atom is 0.325 e. The van der Waals surface area contributed by atoms with Crippen LogP contribution in [0.1, 0.15) is 33.3 Å².